The average Bonchev–Trinajstić information content (AvgIpc) is 2.69. The van der Waals surface area contributed by atoms with Crippen LogP contribution in [0.2, 0.25) is 5.02 Å². The van der Waals surface area contributed by atoms with Gasteiger partial charge in [0.15, 0.2) is 5.11 Å². The fraction of sp³-hybridized carbons (Fsp3) is 0. The molecule has 0 aliphatic heterocycles. The van der Waals surface area contributed by atoms with Crippen molar-refractivity contribution in [2.75, 3.05) is 5.32 Å². The van der Waals surface area contributed by atoms with E-state index in [1.807, 2.05) is 42.5 Å². The van der Waals surface area contributed by atoms with E-state index in [2.05, 4.69) is 10.6 Å². The first-order chi connectivity index (χ1) is 13.1. The molecule has 2 N–H and O–H groups in total. The van der Waals surface area contributed by atoms with Crippen molar-refractivity contribution in [1.29, 1.82) is 5.26 Å². The molecule has 3 aromatic carbocycles. The second-order valence-corrected chi connectivity index (χ2v) is 6.45. The summed E-state index contributed by atoms with van der Waals surface area (Å²) in [4.78, 5) is 12.6. The van der Waals surface area contributed by atoms with E-state index in [1.54, 1.807) is 30.3 Å². The van der Waals surface area contributed by atoms with Gasteiger partial charge in [0.1, 0.15) is 11.6 Å². The monoisotopic (exact) mass is 391 g/mol. The topological polar surface area (TPSA) is 64.9 Å². The van der Waals surface area contributed by atoms with E-state index in [4.69, 9.17) is 23.8 Å². The molecule has 27 heavy (non-hydrogen) atoms. The normalized spacial score (nSPS) is 10.9. The zero-order chi connectivity index (χ0) is 19.2. The number of Topliss-reactive ketones (excluding diaryl/α,β-unsaturated/α-hetero) is 1. The van der Waals surface area contributed by atoms with E-state index in [1.165, 1.54) is 6.20 Å². The lowest BCUT2D eigenvalue weighted by Crippen LogP contribution is -2.24. The van der Waals surface area contributed by atoms with Crippen molar-refractivity contribution in [3.63, 3.8) is 0 Å². The summed E-state index contributed by atoms with van der Waals surface area (Å²) in [6.07, 6.45) is 1.30. The number of para-hydroxylation sites is 1. The molecule has 0 heterocycles. The standard InChI is InChI=1S/C21H14ClN3OS/c22-18-7-3-4-8-19(18)25-21(27)24-13-17(12-23)20(26)16-10-9-14-5-1-2-6-15(14)11-16/h1-11,13H,(H2,24,25,27)/b17-13+. The second-order valence-electron chi connectivity index (χ2n) is 5.64. The van der Waals surface area contributed by atoms with Crippen molar-refractivity contribution < 1.29 is 4.79 Å². The number of carbonyl (C=O) groups is 1. The van der Waals surface area contributed by atoms with Gasteiger partial charge in [0.2, 0.25) is 5.78 Å². The van der Waals surface area contributed by atoms with Gasteiger partial charge < -0.3 is 10.6 Å². The first-order valence-electron chi connectivity index (χ1n) is 8.04. The lowest BCUT2D eigenvalue weighted by atomic mass is 10.0. The van der Waals surface area contributed by atoms with E-state index in [0.29, 0.717) is 16.3 Å². The molecule has 3 rings (SSSR count). The first-order valence-corrected chi connectivity index (χ1v) is 8.83. The number of hydrogen-bond acceptors (Lipinski definition) is 3. The summed E-state index contributed by atoms with van der Waals surface area (Å²) in [5, 5.41) is 17.7. The van der Waals surface area contributed by atoms with Crippen LogP contribution in [0.15, 0.2) is 78.5 Å². The molecule has 0 amide bonds. The molecule has 0 aliphatic carbocycles. The average molecular weight is 392 g/mol. The maximum Gasteiger partial charge on any atom is 0.205 e. The van der Waals surface area contributed by atoms with Crippen LogP contribution in [-0.2, 0) is 0 Å². The SMILES string of the molecule is N#C/C(=C\NC(=S)Nc1ccccc1Cl)C(=O)c1ccc2ccccc2c1. The minimum atomic E-state index is -0.378. The van der Waals surface area contributed by atoms with E-state index in [-0.39, 0.29) is 16.5 Å². The van der Waals surface area contributed by atoms with Gasteiger partial charge in [0.25, 0.3) is 0 Å². The number of halogens is 1. The predicted octanol–water partition coefficient (Wildman–Crippen LogP) is 5.07. The number of nitrogens with zero attached hydrogens (tertiary/aromatic N) is 1. The molecular weight excluding hydrogens is 378 g/mol. The van der Waals surface area contributed by atoms with Crippen LogP contribution in [0.25, 0.3) is 10.8 Å². The number of nitriles is 1. The zero-order valence-corrected chi connectivity index (χ0v) is 15.6. The molecule has 6 heteroatoms. The molecule has 0 radical (unpaired) electrons. The zero-order valence-electron chi connectivity index (χ0n) is 14.1. The smallest absolute Gasteiger partial charge is 0.205 e. The Bertz CT molecular complexity index is 1100. The molecule has 0 aromatic heterocycles. The lowest BCUT2D eigenvalue weighted by Gasteiger charge is -2.09. The molecule has 0 bridgehead atoms. The van der Waals surface area contributed by atoms with Gasteiger partial charge in [-0.05, 0) is 41.2 Å². The van der Waals surface area contributed by atoms with Crippen molar-refractivity contribution in [1.82, 2.24) is 5.32 Å². The van der Waals surface area contributed by atoms with Crippen molar-refractivity contribution in [2.24, 2.45) is 0 Å². The molecule has 0 saturated carbocycles. The fourth-order valence-corrected chi connectivity index (χ4v) is 2.85. The Morgan fingerprint density at radius 3 is 2.48 bits per heavy atom. The number of hydrogen-bond donors (Lipinski definition) is 2. The van der Waals surface area contributed by atoms with Crippen molar-refractivity contribution in [3.05, 3.63) is 89.1 Å². The van der Waals surface area contributed by atoms with Gasteiger partial charge in [0, 0.05) is 11.8 Å². The number of fused-ring (bicyclic) bond motifs is 1. The molecule has 0 saturated heterocycles. The lowest BCUT2D eigenvalue weighted by molar-refractivity contribution is 0.103. The van der Waals surface area contributed by atoms with Gasteiger partial charge >= 0.3 is 0 Å². The van der Waals surface area contributed by atoms with Crippen LogP contribution in [-0.4, -0.2) is 10.9 Å². The summed E-state index contributed by atoms with van der Waals surface area (Å²) in [6, 6.07) is 22.1. The molecule has 0 unspecified atom stereocenters. The minimum Gasteiger partial charge on any atom is -0.338 e. The highest BCUT2D eigenvalue weighted by molar-refractivity contribution is 7.80. The van der Waals surface area contributed by atoms with Gasteiger partial charge in [-0.25, -0.2) is 0 Å². The predicted molar refractivity (Wildman–Crippen MR) is 113 cm³/mol. The van der Waals surface area contributed by atoms with E-state index in [0.717, 1.165) is 10.8 Å². The highest BCUT2D eigenvalue weighted by atomic mass is 35.5. The number of ketones is 1. The minimum absolute atomic E-state index is 0.0476. The Balaban J connectivity index is 1.75. The Kier molecular flexibility index (Phi) is 5.82. The molecular formula is C21H14ClN3OS. The second kappa shape index (κ2) is 8.45. The summed E-state index contributed by atoms with van der Waals surface area (Å²) >= 11 is 11.2. The highest BCUT2D eigenvalue weighted by Crippen LogP contribution is 2.20. The Hall–Kier alpha value is -3.20. The number of carbonyl (C=O) groups excluding carboxylic acids is 1. The molecule has 0 atom stereocenters. The number of rotatable bonds is 4. The number of anilines is 1. The van der Waals surface area contributed by atoms with Crippen molar-refractivity contribution >= 4 is 51.2 Å². The largest absolute Gasteiger partial charge is 0.338 e. The maximum absolute atomic E-state index is 12.6. The quantitative estimate of drug-likeness (QED) is 0.281. The summed E-state index contributed by atoms with van der Waals surface area (Å²) in [5.41, 5.74) is 1.02. The third kappa shape index (κ3) is 4.50. The van der Waals surface area contributed by atoms with Gasteiger partial charge in [-0.15, -0.1) is 0 Å². The van der Waals surface area contributed by atoms with Crippen molar-refractivity contribution in [3.8, 4) is 6.07 Å². The van der Waals surface area contributed by atoms with E-state index >= 15 is 0 Å². The summed E-state index contributed by atoms with van der Waals surface area (Å²) in [7, 11) is 0. The Labute approximate surface area is 167 Å². The number of allylic oxidation sites excluding steroid dienone is 1. The molecule has 132 valence electrons. The molecule has 0 aliphatic rings. The van der Waals surface area contributed by atoms with Crippen LogP contribution in [0, 0.1) is 11.3 Å². The summed E-state index contributed by atoms with van der Waals surface area (Å²) < 4.78 is 0. The first kappa shape index (κ1) is 18.6. The third-order valence-electron chi connectivity index (χ3n) is 3.85. The van der Waals surface area contributed by atoms with Gasteiger partial charge in [-0.2, -0.15) is 5.26 Å². The third-order valence-corrected chi connectivity index (χ3v) is 4.40. The van der Waals surface area contributed by atoms with Crippen LogP contribution in [0.3, 0.4) is 0 Å². The molecule has 0 fully saturated rings. The number of nitrogens with one attached hydrogen (secondary N) is 2. The fourth-order valence-electron chi connectivity index (χ4n) is 2.49. The summed E-state index contributed by atoms with van der Waals surface area (Å²) in [6.45, 7) is 0. The van der Waals surface area contributed by atoms with E-state index in [9.17, 15) is 10.1 Å². The van der Waals surface area contributed by atoms with Crippen LogP contribution < -0.4 is 10.6 Å². The van der Waals surface area contributed by atoms with Crippen LogP contribution in [0.4, 0.5) is 5.69 Å². The maximum atomic E-state index is 12.6. The Morgan fingerprint density at radius 2 is 1.74 bits per heavy atom. The number of benzene rings is 3. The summed E-state index contributed by atoms with van der Waals surface area (Å²) in [5.74, 6) is -0.378. The molecule has 3 aromatic rings. The Morgan fingerprint density at radius 1 is 1.04 bits per heavy atom. The van der Waals surface area contributed by atoms with Crippen LogP contribution >= 0.6 is 23.8 Å². The van der Waals surface area contributed by atoms with Crippen molar-refractivity contribution in [2.45, 2.75) is 0 Å². The number of thiocarbonyl (C=S) groups is 1. The molecule has 4 nitrogen and oxygen atoms in total. The van der Waals surface area contributed by atoms with E-state index < -0.39 is 0 Å². The molecule has 0 spiro atoms. The van der Waals surface area contributed by atoms with Gasteiger partial charge in [0.05, 0.1) is 10.7 Å². The highest BCUT2D eigenvalue weighted by Gasteiger charge is 2.13. The van der Waals surface area contributed by atoms with Gasteiger partial charge in [-0.1, -0.05) is 60.1 Å². The van der Waals surface area contributed by atoms with Crippen LogP contribution in [0.1, 0.15) is 10.4 Å². The van der Waals surface area contributed by atoms with Gasteiger partial charge in [-0.3, -0.25) is 4.79 Å². The van der Waals surface area contributed by atoms with Crippen LogP contribution in [0.5, 0.6) is 0 Å².